The van der Waals surface area contributed by atoms with Crippen LogP contribution >= 0.6 is 0 Å². The third-order valence-electron chi connectivity index (χ3n) is 2.38. The minimum atomic E-state index is 0.985. The van der Waals surface area contributed by atoms with Crippen LogP contribution in [-0.2, 0) is 0 Å². The molecule has 2 aromatic rings. The number of nitrogens with one attached hydrogen (secondary N) is 2. The van der Waals surface area contributed by atoms with Crippen LogP contribution < -0.4 is 5.32 Å². The Morgan fingerprint density at radius 3 is 2.86 bits per heavy atom. The summed E-state index contributed by atoms with van der Waals surface area (Å²) in [6.07, 6.45) is 3.60. The molecule has 2 N–H and O–H groups in total. The lowest BCUT2D eigenvalue weighted by Gasteiger charge is -2.09. The number of H-pyrrole nitrogens is 1. The fourth-order valence-corrected chi connectivity index (χ4v) is 1.36. The molecule has 0 bridgehead atoms. The molecule has 14 heavy (non-hydrogen) atoms. The first-order valence-electron chi connectivity index (χ1n) is 4.59. The van der Waals surface area contributed by atoms with Crippen molar-refractivity contribution in [1.29, 1.82) is 0 Å². The molecule has 0 aliphatic heterocycles. The van der Waals surface area contributed by atoms with Crippen LogP contribution in [0.15, 0.2) is 30.6 Å². The van der Waals surface area contributed by atoms with Crippen LogP contribution in [0.25, 0.3) is 0 Å². The van der Waals surface area contributed by atoms with Gasteiger partial charge in [-0.2, -0.15) is 5.10 Å². The van der Waals surface area contributed by atoms with E-state index in [2.05, 4.69) is 41.5 Å². The number of aryl methyl sites for hydroxylation is 1. The molecule has 0 aliphatic rings. The van der Waals surface area contributed by atoms with Crippen molar-refractivity contribution in [2.24, 2.45) is 0 Å². The summed E-state index contributed by atoms with van der Waals surface area (Å²) in [7, 11) is 0. The molecule has 0 atom stereocenters. The summed E-state index contributed by atoms with van der Waals surface area (Å²) in [5.74, 6) is 0. The first-order chi connectivity index (χ1) is 6.77. The second-order valence-corrected chi connectivity index (χ2v) is 3.36. The molecule has 0 unspecified atom stereocenters. The molecule has 1 heterocycles. The highest BCUT2D eigenvalue weighted by Crippen LogP contribution is 2.21. The smallest absolute Gasteiger partial charge is 0.0767 e. The second-order valence-electron chi connectivity index (χ2n) is 3.36. The van der Waals surface area contributed by atoms with Gasteiger partial charge in [0, 0.05) is 11.9 Å². The number of nitrogens with zero attached hydrogens (tertiary/aromatic N) is 1. The number of rotatable bonds is 2. The molecule has 1 aromatic carbocycles. The molecule has 3 heteroatoms. The van der Waals surface area contributed by atoms with Crippen molar-refractivity contribution < 1.29 is 0 Å². The van der Waals surface area contributed by atoms with Crippen LogP contribution in [0.2, 0.25) is 0 Å². The molecule has 2 rings (SSSR count). The van der Waals surface area contributed by atoms with Crippen LogP contribution in [0.5, 0.6) is 0 Å². The van der Waals surface area contributed by atoms with E-state index in [1.807, 2.05) is 12.3 Å². The maximum Gasteiger partial charge on any atom is 0.0767 e. The number of anilines is 2. The lowest BCUT2D eigenvalue weighted by atomic mass is 10.1. The Morgan fingerprint density at radius 1 is 1.29 bits per heavy atom. The number of hydrogen-bond donors (Lipinski definition) is 2. The SMILES string of the molecule is Cc1cccc(Nc2cn[nH]c2)c1C. The zero-order chi connectivity index (χ0) is 9.97. The second kappa shape index (κ2) is 3.54. The lowest BCUT2D eigenvalue weighted by molar-refractivity contribution is 1.09. The average molecular weight is 187 g/mol. The van der Waals surface area contributed by atoms with Gasteiger partial charge in [-0.3, -0.25) is 5.10 Å². The first-order valence-corrected chi connectivity index (χ1v) is 4.59. The minimum absolute atomic E-state index is 0.985. The maximum absolute atomic E-state index is 3.88. The predicted molar refractivity (Wildman–Crippen MR) is 57.8 cm³/mol. The van der Waals surface area contributed by atoms with Crippen molar-refractivity contribution in [2.45, 2.75) is 13.8 Å². The van der Waals surface area contributed by atoms with Gasteiger partial charge in [-0.05, 0) is 31.0 Å². The van der Waals surface area contributed by atoms with Gasteiger partial charge in [0.25, 0.3) is 0 Å². The average Bonchev–Trinajstić information content (AvgIpc) is 2.66. The van der Waals surface area contributed by atoms with Crippen LogP contribution in [0, 0.1) is 13.8 Å². The number of hydrogen-bond acceptors (Lipinski definition) is 2. The van der Waals surface area contributed by atoms with E-state index in [1.165, 1.54) is 11.1 Å². The quantitative estimate of drug-likeness (QED) is 0.759. The first kappa shape index (κ1) is 8.81. The van der Waals surface area contributed by atoms with E-state index in [4.69, 9.17) is 0 Å². The van der Waals surface area contributed by atoms with Crippen molar-refractivity contribution in [2.75, 3.05) is 5.32 Å². The Balaban J connectivity index is 2.29. The third-order valence-corrected chi connectivity index (χ3v) is 2.38. The van der Waals surface area contributed by atoms with E-state index < -0.39 is 0 Å². The van der Waals surface area contributed by atoms with E-state index in [1.54, 1.807) is 6.20 Å². The number of aromatic amines is 1. The predicted octanol–water partition coefficient (Wildman–Crippen LogP) is 2.77. The molecule has 0 aliphatic carbocycles. The molecule has 0 saturated heterocycles. The van der Waals surface area contributed by atoms with Gasteiger partial charge < -0.3 is 5.32 Å². The zero-order valence-electron chi connectivity index (χ0n) is 8.33. The number of aromatic nitrogens is 2. The number of benzene rings is 1. The summed E-state index contributed by atoms with van der Waals surface area (Å²) in [6, 6.07) is 6.22. The maximum atomic E-state index is 3.88. The van der Waals surface area contributed by atoms with Crippen molar-refractivity contribution >= 4 is 11.4 Å². The van der Waals surface area contributed by atoms with Crippen LogP contribution in [-0.4, -0.2) is 10.2 Å². The fraction of sp³-hybridized carbons (Fsp3) is 0.182. The molecule has 72 valence electrons. The van der Waals surface area contributed by atoms with Gasteiger partial charge in [0.05, 0.1) is 11.9 Å². The topological polar surface area (TPSA) is 40.7 Å². The summed E-state index contributed by atoms with van der Waals surface area (Å²) in [4.78, 5) is 0. The summed E-state index contributed by atoms with van der Waals surface area (Å²) >= 11 is 0. The van der Waals surface area contributed by atoms with Crippen molar-refractivity contribution in [3.8, 4) is 0 Å². The highest BCUT2D eigenvalue weighted by Gasteiger charge is 2.00. The van der Waals surface area contributed by atoms with Gasteiger partial charge in [0.15, 0.2) is 0 Å². The Bertz CT molecular complexity index is 418. The summed E-state index contributed by atoms with van der Waals surface area (Å²) in [5, 5.41) is 9.95. The normalized spacial score (nSPS) is 10.1. The fourth-order valence-electron chi connectivity index (χ4n) is 1.36. The Kier molecular flexibility index (Phi) is 2.23. The lowest BCUT2D eigenvalue weighted by Crippen LogP contribution is -1.93. The van der Waals surface area contributed by atoms with E-state index in [-0.39, 0.29) is 0 Å². The molecule has 1 aromatic heterocycles. The Hall–Kier alpha value is -1.77. The van der Waals surface area contributed by atoms with Crippen LogP contribution in [0.3, 0.4) is 0 Å². The van der Waals surface area contributed by atoms with Gasteiger partial charge in [-0.25, -0.2) is 0 Å². The molecule has 0 spiro atoms. The third kappa shape index (κ3) is 1.62. The zero-order valence-corrected chi connectivity index (χ0v) is 8.33. The summed E-state index contributed by atoms with van der Waals surface area (Å²) in [6.45, 7) is 4.22. The van der Waals surface area contributed by atoms with Gasteiger partial charge >= 0.3 is 0 Å². The van der Waals surface area contributed by atoms with Crippen molar-refractivity contribution in [1.82, 2.24) is 10.2 Å². The largest absolute Gasteiger partial charge is 0.353 e. The monoisotopic (exact) mass is 187 g/mol. The van der Waals surface area contributed by atoms with Crippen molar-refractivity contribution in [3.63, 3.8) is 0 Å². The standard InChI is InChI=1S/C11H13N3/c1-8-4-3-5-11(9(8)2)14-10-6-12-13-7-10/h3-7,14H,1-2H3,(H,12,13). The summed E-state index contributed by atoms with van der Waals surface area (Å²) < 4.78 is 0. The minimum Gasteiger partial charge on any atom is -0.353 e. The molecule has 0 radical (unpaired) electrons. The molecule has 0 fully saturated rings. The highest BCUT2D eigenvalue weighted by atomic mass is 15.1. The van der Waals surface area contributed by atoms with E-state index >= 15 is 0 Å². The summed E-state index contributed by atoms with van der Waals surface area (Å²) in [5.41, 5.74) is 4.68. The Labute approximate surface area is 83.2 Å². The molecular weight excluding hydrogens is 174 g/mol. The van der Waals surface area contributed by atoms with Crippen LogP contribution in [0.1, 0.15) is 11.1 Å². The highest BCUT2D eigenvalue weighted by molar-refractivity contribution is 5.63. The molecule has 3 nitrogen and oxygen atoms in total. The Morgan fingerprint density at radius 2 is 2.14 bits per heavy atom. The van der Waals surface area contributed by atoms with E-state index in [0.29, 0.717) is 0 Å². The molecule has 0 amide bonds. The van der Waals surface area contributed by atoms with Gasteiger partial charge in [-0.15, -0.1) is 0 Å². The van der Waals surface area contributed by atoms with E-state index in [0.717, 1.165) is 11.4 Å². The molecule has 0 saturated carbocycles. The van der Waals surface area contributed by atoms with Crippen molar-refractivity contribution in [3.05, 3.63) is 41.7 Å². The van der Waals surface area contributed by atoms with Gasteiger partial charge in [0.1, 0.15) is 0 Å². The van der Waals surface area contributed by atoms with Gasteiger partial charge in [-0.1, -0.05) is 12.1 Å². The van der Waals surface area contributed by atoms with Crippen LogP contribution in [0.4, 0.5) is 11.4 Å². The van der Waals surface area contributed by atoms with Gasteiger partial charge in [0.2, 0.25) is 0 Å². The molecular formula is C11H13N3. The van der Waals surface area contributed by atoms with E-state index in [9.17, 15) is 0 Å².